The number of thiophene rings is 1. The lowest BCUT2D eigenvalue weighted by molar-refractivity contribution is 0.0997. The van der Waals surface area contributed by atoms with Crippen molar-refractivity contribution in [3.63, 3.8) is 0 Å². The van der Waals surface area contributed by atoms with Gasteiger partial charge in [0.2, 0.25) is 0 Å². The number of rotatable bonds is 6. The van der Waals surface area contributed by atoms with Gasteiger partial charge in [-0.15, -0.1) is 11.3 Å². The smallest absolute Gasteiger partial charge is 0.291 e. The van der Waals surface area contributed by atoms with Crippen LogP contribution in [0.25, 0.3) is 0 Å². The quantitative estimate of drug-likeness (QED) is 0.306. The molecule has 0 spiro atoms. The van der Waals surface area contributed by atoms with Gasteiger partial charge in [0.15, 0.2) is 5.76 Å². The maximum absolute atomic E-state index is 12.7. The van der Waals surface area contributed by atoms with Crippen LogP contribution in [0.4, 0.5) is 10.8 Å². The third kappa shape index (κ3) is 4.73. The molecule has 0 aliphatic rings. The molecule has 3 aromatic heterocycles. The number of nitrogens with one attached hydrogen (secondary N) is 2. The first-order valence-corrected chi connectivity index (χ1v) is 11.4. The minimum atomic E-state index is -0.268. The number of nitrogens with zero attached hydrogens (tertiary/aromatic N) is 1. The molecule has 4 aromatic rings. The maximum atomic E-state index is 12.7. The van der Waals surface area contributed by atoms with Gasteiger partial charge in [-0.25, -0.2) is 4.98 Å². The van der Waals surface area contributed by atoms with Crippen molar-refractivity contribution in [1.82, 2.24) is 4.98 Å². The van der Waals surface area contributed by atoms with Crippen LogP contribution in [0.15, 0.2) is 69.8 Å². The highest BCUT2D eigenvalue weighted by Gasteiger charge is 2.25. The number of carbonyl (C=O) groups excluding carboxylic acids is 1. The lowest BCUT2D eigenvalue weighted by Crippen LogP contribution is -2.17. The Morgan fingerprint density at radius 1 is 1.06 bits per heavy atom. The van der Waals surface area contributed by atoms with Crippen molar-refractivity contribution in [1.29, 1.82) is 0 Å². The number of aromatic nitrogens is 1. The molecule has 0 saturated heterocycles. The van der Waals surface area contributed by atoms with Crippen molar-refractivity contribution >= 4 is 44.0 Å². The molecule has 1 atom stereocenters. The van der Waals surface area contributed by atoms with Crippen LogP contribution in [0, 0.1) is 20.8 Å². The summed E-state index contributed by atoms with van der Waals surface area (Å²) in [6.45, 7) is 6.12. The lowest BCUT2D eigenvalue weighted by atomic mass is 9.96. The first kappa shape index (κ1) is 21.3. The van der Waals surface area contributed by atoms with Gasteiger partial charge in [-0.3, -0.25) is 4.79 Å². The van der Waals surface area contributed by atoms with E-state index in [9.17, 15) is 4.79 Å². The number of amides is 1. The SMILES string of the molecule is Cc1cccc(N[C@@H](c2ccc(Br)cc2)c2c(NC(=O)c3ccco3)sc(C)c2C)n1. The Morgan fingerprint density at radius 2 is 1.84 bits per heavy atom. The van der Waals surface area contributed by atoms with Crippen molar-refractivity contribution < 1.29 is 9.21 Å². The first-order chi connectivity index (χ1) is 14.9. The molecular formula is C24H22BrN3O2S. The van der Waals surface area contributed by atoms with Crippen LogP contribution in [-0.2, 0) is 0 Å². The Hall–Kier alpha value is -2.90. The minimum absolute atomic E-state index is 0.195. The number of anilines is 2. The van der Waals surface area contributed by atoms with Crippen LogP contribution in [0.3, 0.4) is 0 Å². The van der Waals surface area contributed by atoms with Gasteiger partial charge >= 0.3 is 0 Å². The molecule has 2 N–H and O–H groups in total. The van der Waals surface area contributed by atoms with Gasteiger partial charge in [0.05, 0.1) is 12.3 Å². The highest BCUT2D eigenvalue weighted by atomic mass is 79.9. The molecule has 0 unspecified atom stereocenters. The summed E-state index contributed by atoms with van der Waals surface area (Å²) in [6.07, 6.45) is 1.50. The number of furan rings is 1. The predicted octanol–water partition coefficient (Wildman–Crippen LogP) is 6.88. The fourth-order valence-electron chi connectivity index (χ4n) is 3.41. The Labute approximate surface area is 193 Å². The highest BCUT2D eigenvalue weighted by molar-refractivity contribution is 9.10. The summed E-state index contributed by atoms with van der Waals surface area (Å²) < 4.78 is 6.28. The zero-order chi connectivity index (χ0) is 22.0. The van der Waals surface area contributed by atoms with E-state index >= 15 is 0 Å². The average molecular weight is 496 g/mol. The standard InChI is InChI=1S/C24H22BrN3O2S/c1-14-6-4-8-20(26-14)27-22(17-9-11-18(25)12-10-17)21-15(2)16(3)31-24(21)28-23(29)19-7-5-13-30-19/h4-13,22H,1-3H3,(H,26,27)(H,28,29)/t22-/m0/s1. The van der Waals surface area contributed by atoms with Crippen LogP contribution in [0.1, 0.15) is 43.9 Å². The minimum Gasteiger partial charge on any atom is -0.459 e. The van der Waals surface area contributed by atoms with Gasteiger partial charge in [0, 0.05) is 20.6 Å². The molecule has 0 saturated carbocycles. The van der Waals surface area contributed by atoms with E-state index in [2.05, 4.69) is 57.5 Å². The first-order valence-electron chi connectivity index (χ1n) is 9.83. The fourth-order valence-corrected chi connectivity index (χ4v) is 4.76. The topological polar surface area (TPSA) is 67.2 Å². The second-order valence-corrected chi connectivity index (χ2v) is 9.39. The summed E-state index contributed by atoms with van der Waals surface area (Å²) in [6, 6.07) is 17.2. The van der Waals surface area contributed by atoms with E-state index in [0.717, 1.165) is 42.6 Å². The van der Waals surface area contributed by atoms with E-state index < -0.39 is 0 Å². The molecule has 1 amide bonds. The summed E-state index contributed by atoms with van der Waals surface area (Å²) in [7, 11) is 0. The molecule has 0 fully saturated rings. The molecule has 0 bridgehead atoms. The second kappa shape index (κ2) is 9.08. The molecule has 1 aromatic carbocycles. The van der Waals surface area contributed by atoms with Crippen LogP contribution in [0.2, 0.25) is 0 Å². The summed E-state index contributed by atoms with van der Waals surface area (Å²) in [5, 5.41) is 7.43. The molecular weight excluding hydrogens is 474 g/mol. The number of hydrogen-bond acceptors (Lipinski definition) is 5. The van der Waals surface area contributed by atoms with Crippen molar-refractivity contribution in [2.75, 3.05) is 10.6 Å². The van der Waals surface area contributed by atoms with Crippen molar-refractivity contribution in [2.24, 2.45) is 0 Å². The zero-order valence-electron chi connectivity index (χ0n) is 17.4. The molecule has 31 heavy (non-hydrogen) atoms. The molecule has 7 heteroatoms. The monoisotopic (exact) mass is 495 g/mol. The normalized spacial score (nSPS) is 11.9. The van der Waals surface area contributed by atoms with E-state index in [-0.39, 0.29) is 17.7 Å². The van der Waals surface area contributed by atoms with Gasteiger partial charge in [0.1, 0.15) is 10.8 Å². The number of aryl methyl sites for hydroxylation is 2. The largest absolute Gasteiger partial charge is 0.459 e. The van der Waals surface area contributed by atoms with E-state index in [1.165, 1.54) is 6.26 Å². The Morgan fingerprint density at radius 3 is 2.52 bits per heavy atom. The summed E-state index contributed by atoms with van der Waals surface area (Å²) >= 11 is 5.08. The summed E-state index contributed by atoms with van der Waals surface area (Å²) in [5.74, 6) is 0.790. The van der Waals surface area contributed by atoms with Gasteiger partial charge < -0.3 is 15.1 Å². The van der Waals surface area contributed by atoms with Crippen LogP contribution in [-0.4, -0.2) is 10.9 Å². The van der Waals surface area contributed by atoms with E-state index in [4.69, 9.17) is 4.42 Å². The number of benzene rings is 1. The van der Waals surface area contributed by atoms with Gasteiger partial charge in [-0.05, 0) is 68.3 Å². The van der Waals surface area contributed by atoms with Crippen molar-refractivity contribution in [3.05, 3.63) is 98.4 Å². The number of carbonyl (C=O) groups is 1. The highest BCUT2D eigenvalue weighted by Crippen LogP contribution is 2.41. The van der Waals surface area contributed by atoms with E-state index in [1.54, 1.807) is 23.5 Å². The lowest BCUT2D eigenvalue weighted by Gasteiger charge is -2.22. The molecule has 0 aliphatic heterocycles. The van der Waals surface area contributed by atoms with Gasteiger partial charge in [-0.2, -0.15) is 0 Å². The summed E-state index contributed by atoms with van der Waals surface area (Å²) in [5.41, 5.74) is 4.16. The third-order valence-corrected chi connectivity index (χ3v) is 6.74. The van der Waals surface area contributed by atoms with Crippen LogP contribution < -0.4 is 10.6 Å². The number of hydrogen-bond donors (Lipinski definition) is 2. The molecule has 0 radical (unpaired) electrons. The van der Waals surface area contributed by atoms with Crippen molar-refractivity contribution in [2.45, 2.75) is 26.8 Å². The fraction of sp³-hybridized carbons (Fsp3) is 0.167. The van der Waals surface area contributed by atoms with Gasteiger partial charge in [-0.1, -0.05) is 34.1 Å². The van der Waals surface area contributed by atoms with E-state index in [0.29, 0.717) is 0 Å². The van der Waals surface area contributed by atoms with Crippen molar-refractivity contribution in [3.8, 4) is 0 Å². The molecule has 0 aliphatic carbocycles. The summed E-state index contributed by atoms with van der Waals surface area (Å²) in [4.78, 5) is 18.5. The molecule has 3 heterocycles. The number of halogens is 1. The van der Waals surface area contributed by atoms with Gasteiger partial charge in [0.25, 0.3) is 5.91 Å². The molecule has 158 valence electrons. The average Bonchev–Trinajstić information content (AvgIpc) is 3.37. The Kier molecular flexibility index (Phi) is 6.25. The Balaban J connectivity index is 1.78. The van der Waals surface area contributed by atoms with Crippen LogP contribution >= 0.6 is 27.3 Å². The third-order valence-electron chi connectivity index (χ3n) is 5.08. The van der Waals surface area contributed by atoms with Crippen LogP contribution in [0.5, 0.6) is 0 Å². The number of pyridine rings is 1. The molecule has 5 nitrogen and oxygen atoms in total. The second-order valence-electron chi connectivity index (χ2n) is 7.25. The van der Waals surface area contributed by atoms with E-state index in [1.807, 2.05) is 37.3 Å². The zero-order valence-corrected chi connectivity index (χ0v) is 19.8. The predicted molar refractivity (Wildman–Crippen MR) is 129 cm³/mol. The molecule has 4 rings (SSSR count). The maximum Gasteiger partial charge on any atom is 0.291 e. The Bertz CT molecular complexity index is 1200.